The van der Waals surface area contributed by atoms with Gasteiger partial charge in [0.25, 0.3) is 0 Å². The summed E-state index contributed by atoms with van der Waals surface area (Å²) in [6.45, 7) is 2.37. The molecule has 136 valence electrons. The van der Waals surface area contributed by atoms with Gasteiger partial charge in [0.2, 0.25) is 5.91 Å². The van der Waals surface area contributed by atoms with E-state index in [4.69, 9.17) is 21.1 Å². The molecule has 0 spiro atoms. The molecular weight excluding hydrogens is 354 g/mol. The van der Waals surface area contributed by atoms with Gasteiger partial charge in [-0.2, -0.15) is 0 Å². The molecule has 1 fully saturated rings. The number of rotatable bonds is 4. The van der Waals surface area contributed by atoms with Gasteiger partial charge in [0.05, 0.1) is 5.02 Å². The molecule has 6 heteroatoms. The summed E-state index contributed by atoms with van der Waals surface area (Å²) in [5.41, 5.74) is 1.71. The van der Waals surface area contributed by atoms with Crippen molar-refractivity contribution in [1.29, 1.82) is 0 Å². The number of fused-ring (bicyclic) bond motifs is 1. The highest BCUT2D eigenvalue weighted by Crippen LogP contribution is 2.38. The average Bonchev–Trinajstić information content (AvgIpc) is 3.30. The Hall–Kier alpha value is -2.40. The number of nitrogens with zero attached hydrogens (tertiary/aromatic N) is 1. The number of hydrogen-bond donors (Lipinski definition) is 1. The molecule has 0 saturated carbocycles. The third kappa shape index (κ3) is 3.31. The van der Waals surface area contributed by atoms with Crippen LogP contribution in [0.1, 0.15) is 29.9 Å². The second-order valence-corrected chi connectivity index (χ2v) is 7.07. The van der Waals surface area contributed by atoms with Crippen molar-refractivity contribution in [3.05, 3.63) is 52.5 Å². The first-order valence-corrected chi connectivity index (χ1v) is 9.15. The molecule has 1 N–H and O–H groups in total. The molecule has 2 aliphatic heterocycles. The molecule has 0 aromatic heterocycles. The lowest BCUT2D eigenvalue weighted by Gasteiger charge is -2.19. The minimum absolute atomic E-state index is 0.124. The summed E-state index contributed by atoms with van der Waals surface area (Å²) in [7, 11) is 0. The number of phenols is 1. The number of carbonyl (C=O) groups is 1. The van der Waals surface area contributed by atoms with Gasteiger partial charge in [-0.3, -0.25) is 4.79 Å². The smallest absolute Gasteiger partial charge is 0.233 e. The highest BCUT2D eigenvalue weighted by atomic mass is 35.5. The van der Waals surface area contributed by atoms with Gasteiger partial charge < -0.3 is 19.5 Å². The number of aromatic hydroxyl groups is 1. The Balaban J connectivity index is 1.45. The van der Waals surface area contributed by atoms with E-state index in [2.05, 4.69) is 0 Å². The Morgan fingerprint density at radius 3 is 2.81 bits per heavy atom. The predicted octanol–water partition coefficient (Wildman–Crippen LogP) is 3.72. The van der Waals surface area contributed by atoms with Crippen LogP contribution in [0.15, 0.2) is 36.4 Å². The molecule has 0 radical (unpaired) electrons. The van der Waals surface area contributed by atoms with Gasteiger partial charge in [0, 0.05) is 30.3 Å². The number of hydrogen-bond acceptors (Lipinski definition) is 4. The average molecular weight is 374 g/mol. The Morgan fingerprint density at radius 2 is 2.04 bits per heavy atom. The molecule has 0 bridgehead atoms. The number of amides is 1. The molecule has 0 aliphatic carbocycles. The fourth-order valence-corrected chi connectivity index (χ4v) is 3.69. The number of likely N-dealkylation sites (tertiary alicyclic amines) is 1. The molecular formula is C20H20ClNO4. The summed E-state index contributed by atoms with van der Waals surface area (Å²) >= 11 is 6.10. The number of ether oxygens (including phenoxy) is 2. The van der Waals surface area contributed by atoms with Crippen molar-refractivity contribution in [3.8, 4) is 17.2 Å². The lowest BCUT2D eigenvalue weighted by atomic mass is 10.00. The number of benzene rings is 2. The van der Waals surface area contributed by atoms with Gasteiger partial charge in [-0.1, -0.05) is 23.7 Å². The van der Waals surface area contributed by atoms with E-state index in [-0.39, 0.29) is 24.2 Å². The molecule has 2 aromatic rings. The minimum atomic E-state index is -0.219. The number of phenolic OH excluding ortho intramolecular Hbond substituents is 1. The Kier molecular flexibility index (Phi) is 4.64. The van der Waals surface area contributed by atoms with E-state index in [1.165, 1.54) is 6.07 Å². The van der Waals surface area contributed by atoms with Crippen LogP contribution >= 0.6 is 11.6 Å². The van der Waals surface area contributed by atoms with E-state index >= 15 is 0 Å². The van der Waals surface area contributed by atoms with Crippen LogP contribution in [-0.2, 0) is 11.4 Å². The van der Waals surface area contributed by atoms with Crippen LogP contribution in [0.25, 0.3) is 0 Å². The maximum Gasteiger partial charge on any atom is 0.233 e. The SMILES string of the molecule is O=C(C1COc2cc(OCc3ccc(O)cc3Cl)ccc21)N1CCCC1. The maximum absolute atomic E-state index is 12.7. The minimum Gasteiger partial charge on any atom is -0.508 e. The molecule has 1 amide bonds. The standard InChI is InChI=1S/C20H20ClNO4/c21-18-9-14(23)4-3-13(18)11-25-15-5-6-16-17(12-26-19(16)10-15)20(24)22-7-1-2-8-22/h3-6,9-10,17,23H,1-2,7-8,11-12H2. The molecule has 26 heavy (non-hydrogen) atoms. The molecule has 5 nitrogen and oxygen atoms in total. The molecule has 2 heterocycles. The van der Waals surface area contributed by atoms with E-state index < -0.39 is 0 Å². The van der Waals surface area contributed by atoms with Crippen molar-refractivity contribution in [2.75, 3.05) is 19.7 Å². The van der Waals surface area contributed by atoms with E-state index in [0.29, 0.717) is 23.1 Å². The van der Waals surface area contributed by atoms with E-state index in [9.17, 15) is 9.90 Å². The van der Waals surface area contributed by atoms with E-state index in [1.807, 2.05) is 23.1 Å². The largest absolute Gasteiger partial charge is 0.508 e. The number of halogens is 1. The third-order valence-electron chi connectivity index (χ3n) is 4.91. The Bertz CT molecular complexity index is 833. The summed E-state index contributed by atoms with van der Waals surface area (Å²) in [5.74, 6) is 1.42. The van der Waals surface area contributed by atoms with Gasteiger partial charge in [0.15, 0.2) is 0 Å². The van der Waals surface area contributed by atoms with E-state index in [0.717, 1.165) is 37.1 Å². The van der Waals surface area contributed by atoms with Gasteiger partial charge >= 0.3 is 0 Å². The number of carbonyl (C=O) groups excluding carboxylic acids is 1. The lowest BCUT2D eigenvalue weighted by Crippen LogP contribution is -2.33. The summed E-state index contributed by atoms with van der Waals surface area (Å²) in [5, 5.41) is 9.86. The second kappa shape index (κ2) is 7.08. The zero-order valence-electron chi connectivity index (χ0n) is 14.3. The van der Waals surface area contributed by atoms with Gasteiger partial charge in [-0.15, -0.1) is 0 Å². The molecule has 1 saturated heterocycles. The van der Waals surface area contributed by atoms with Gasteiger partial charge in [0.1, 0.15) is 36.4 Å². The Morgan fingerprint density at radius 1 is 1.23 bits per heavy atom. The molecule has 2 aromatic carbocycles. The molecule has 1 unspecified atom stereocenters. The van der Waals surface area contributed by atoms with Crippen molar-refractivity contribution < 1.29 is 19.4 Å². The van der Waals surface area contributed by atoms with Crippen molar-refractivity contribution in [2.24, 2.45) is 0 Å². The van der Waals surface area contributed by atoms with Crippen LogP contribution in [0, 0.1) is 0 Å². The summed E-state index contributed by atoms with van der Waals surface area (Å²) < 4.78 is 11.5. The fraction of sp³-hybridized carbons (Fsp3) is 0.350. The van der Waals surface area contributed by atoms with Crippen LogP contribution < -0.4 is 9.47 Å². The summed E-state index contributed by atoms with van der Waals surface area (Å²) in [4.78, 5) is 14.6. The Labute approximate surface area is 157 Å². The van der Waals surface area contributed by atoms with Crippen molar-refractivity contribution in [2.45, 2.75) is 25.4 Å². The summed E-state index contributed by atoms with van der Waals surface area (Å²) in [6, 6.07) is 10.4. The topological polar surface area (TPSA) is 59.0 Å². The first-order valence-electron chi connectivity index (χ1n) is 8.77. The molecule has 2 aliphatic rings. The highest BCUT2D eigenvalue weighted by Gasteiger charge is 2.34. The summed E-state index contributed by atoms with van der Waals surface area (Å²) in [6.07, 6.45) is 2.16. The van der Waals surface area contributed by atoms with Crippen LogP contribution in [-0.4, -0.2) is 35.6 Å². The first-order chi connectivity index (χ1) is 12.6. The lowest BCUT2D eigenvalue weighted by molar-refractivity contribution is -0.131. The first kappa shape index (κ1) is 17.0. The van der Waals surface area contributed by atoms with Crippen molar-refractivity contribution >= 4 is 17.5 Å². The van der Waals surface area contributed by atoms with E-state index in [1.54, 1.807) is 12.1 Å². The quantitative estimate of drug-likeness (QED) is 0.887. The van der Waals surface area contributed by atoms with Crippen LogP contribution in [0.2, 0.25) is 5.02 Å². The fourth-order valence-electron chi connectivity index (χ4n) is 3.46. The van der Waals surface area contributed by atoms with Crippen molar-refractivity contribution in [1.82, 2.24) is 4.90 Å². The zero-order valence-corrected chi connectivity index (χ0v) is 15.0. The van der Waals surface area contributed by atoms with Crippen LogP contribution in [0.5, 0.6) is 17.2 Å². The molecule has 4 rings (SSSR count). The van der Waals surface area contributed by atoms with Crippen LogP contribution in [0.4, 0.5) is 0 Å². The van der Waals surface area contributed by atoms with Gasteiger partial charge in [-0.25, -0.2) is 0 Å². The maximum atomic E-state index is 12.7. The normalized spacial score (nSPS) is 18.5. The van der Waals surface area contributed by atoms with Gasteiger partial charge in [-0.05, 0) is 31.0 Å². The van der Waals surface area contributed by atoms with Crippen LogP contribution in [0.3, 0.4) is 0 Å². The second-order valence-electron chi connectivity index (χ2n) is 6.66. The predicted molar refractivity (Wildman–Crippen MR) is 97.9 cm³/mol. The zero-order chi connectivity index (χ0) is 18.1. The monoisotopic (exact) mass is 373 g/mol. The third-order valence-corrected chi connectivity index (χ3v) is 5.26. The van der Waals surface area contributed by atoms with Crippen molar-refractivity contribution in [3.63, 3.8) is 0 Å². The highest BCUT2D eigenvalue weighted by molar-refractivity contribution is 6.31. The molecule has 1 atom stereocenters.